The Labute approximate surface area is 228 Å². The molecule has 0 spiro atoms. The van der Waals surface area contributed by atoms with Crippen molar-refractivity contribution in [3.8, 4) is 11.5 Å². The molecule has 0 unspecified atom stereocenters. The number of ether oxygens (including phenoxy) is 2. The van der Waals surface area contributed by atoms with Crippen LogP contribution in [0.5, 0.6) is 11.5 Å². The Morgan fingerprint density at radius 3 is 2.52 bits per heavy atom. The molecule has 40 heavy (non-hydrogen) atoms. The number of hydrogen-bond acceptors (Lipinski definition) is 6. The zero-order valence-electron chi connectivity index (χ0n) is 21.2. The molecular formula is C30H24FN5O4. The van der Waals surface area contributed by atoms with Crippen molar-refractivity contribution < 1.29 is 23.5 Å². The number of amides is 2. The van der Waals surface area contributed by atoms with Crippen LogP contribution in [-0.2, 0) is 22.7 Å². The van der Waals surface area contributed by atoms with Gasteiger partial charge in [0, 0.05) is 23.9 Å². The topological polar surface area (TPSA) is 98.6 Å². The van der Waals surface area contributed by atoms with Gasteiger partial charge in [0.05, 0.1) is 5.52 Å². The molecule has 0 bridgehead atoms. The monoisotopic (exact) mass is 537 g/mol. The van der Waals surface area contributed by atoms with Gasteiger partial charge in [-0.05, 0) is 35.9 Å². The number of aromatic nitrogens is 3. The summed E-state index contributed by atoms with van der Waals surface area (Å²) in [5.74, 6) is -0.749. The van der Waals surface area contributed by atoms with E-state index in [0.29, 0.717) is 28.2 Å². The largest absolute Gasteiger partial charge is 0.454 e. The Bertz CT molecular complexity index is 1690. The van der Waals surface area contributed by atoms with E-state index in [-0.39, 0.29) is 25.4 Å². The van der Waals surface area contributed by atoms with Gasteiger partial charge in [-0.2, -0.15) is 0 Å². The average Bonchev–Trinajstić information content (AvgIpc) is 3.62. The molecule has 2 heterocycles. The Hall–Kier alpha value is -5.25. The second-order valence-electron chi connectivity index (χ2n) is 9.16. The van der Waals surface area contributed by atoms with Crippen LogP contribution in [0.3, 0.4) is 0 Å². The highest BCUT2D eigenvalue weighted by Gasteiger charge is 2.35. The molecule has 4 aromatic carbocycles. The first-order valence-corrected chi connectivity index (χ1v) is 12.6. The Kier molecular flexibility index (Phi) is 6.80. The zero-order chi connectivity index (χ0) is 27.5. The number of carbonyl (C=O) groups is 2. The molecule has 1 N–H and O–H groups in total. The first kappa shape index (κ1) is 25.1. The van der Waals surface area contributed by atoms with Gasteiger partial charge in [0.1, 0.15) is 23.9 Å². The smallest absolute Gasteiger partial charge is 0.249 e. The number of hydrogen-bond donors (Lipinski definition) is 1. The standard InChI is InChI=1S/C30H24FN5O4/c31-23-11-5-4-10-22(23)29(30(38)32-17-20-8-2-1-3-9-20)36(21-14-15-26-27(16-21)40-19-39-26)28(37)18-35-25-13-7-6-12-24(25)33-34-35/h1-16,29H,17-19H2,(H,32,38)/t29-/m0/s1. The molecule has 6 rings (SSSR count). The zero-order valence-corrected chi connectivity index (χ0v) is 21.2. The number of rotatable bonds is 8. The van der Waals surface area contributed by atoms with Gasteiger partial charge in [-0.1, -0.05) is 65.9 Å². The molecule has 9 nitrogen and oxygen atoms in total. The van der Waals surface area contributed by atoms with Crippen LogP contribution in [0.4, 0.5) is 10.1 Å². The summed E-state index contributed by atoms with van der Waals surface area (Å²) in [7, 11) is 0. The van der Waals surface area contributed by atoms with E-state index in [1.807, 2.05) is 42.5 Å². The van der Waals surface area contributed by atoms with Crippen LogP contribution < -0.4 is 19.7 Å². The first-order chi connectivity index (χ1) is 19.6. The van der Waals surface area contributed by atoms with E-state index in [1.54, 1.807) is 36.4 Å². The van der Waals surface area contributed by atoms with Crippen molar-refractivity contribution in [3.63, 3.8) is 0 Å². The van der Waals surface area contributed by atoms with Crippen molar-refractivity contribution in [1.29, 1.82) is 0 Å². The van der Waals surface area contributed by atoms with Gasteiger partial charge in [0.2, 0.25) is 18.6 Å². The first-order valence-electron chi connectivity index (χ1n) is 12.6. The number of nitrogens with one attached hydrogen (secondary N) is 1. The van der Waals surface area contributed by atoms with Crippen LogP contribution in [0.15, 0.2) is 97.1 Å². The van der Waals surface area contributed by atoms with E-state index in [0.717, 1.165) is 5.56 Å². The minimum Gasteiger partial charge on any atom is -0.454 e. The number of nitrogens with zero attached hydrogens (tertiary/aromatic N) is 4. The summed E-state index contributed by atoms with van der Waals surface area (Å²) in [5, 5.41) is 11.2. The van der Waals surface area contributed by atoms with Gasteiger partial charge in [0.25, 0.3) is 0 Å². The van der Waals surface area contributed by atoms with Crippen LogP contribution in [0, 0.1) is 5.82 Å². The van der Waals surface area contributed by atoms with E-state index in [1.165, 1.54) is 27.8 Å². The van der Waals surface area contributed by atoms with Crippen LogP contribution in [0.25, 0.3) is 11.0 Å². The maximum atomic E-state index is 15.3. The second kappa shape index (κ2) is 10.9. The SMILES string of the molecule is O=C(NCc1ccccc1)[C@H](c1ccccc1F)N(C(=O)Cn1nnc2ccccc21)c1ccc2c(c1)OCO2. The lowest BCUT2D eigenvalue weighted by molar-refractivity contribution is -0.127. The summed E-state index contributed by atoms with van der Waals surface area (Å²) in [4.78, 5) is 29.3. The van der Waals surface area contributed by atoms with E-state index >= 15 is 4.39 Å². The molecule has 10 heteroatoms. The quantitative estimate of drug-likeness (QED) is 0.315. The summed E-state index contributed by atoms with van der Waals surface area (Å²) >= 11 is 0. The average molecular weight is 538 g/mol. The Morgan fingerprint density at radius 2 is 1.68 bits per heavy atom. The fraction of sp³-hybridized carbons (Fsp3) is 0.133. The van der Waals surface area contributed by atoms with Gasteiger partial charge in [0.15, 0.2) is 11.5 Å². The third-order valence-corrected chi connectivity index (χ3v) is 6.62. The molecule has 0 saturated carbocycles. The number of para-hydroxylation sites is 1. The van der Waals surface area contributed by atoms with E-state index < -0.39 is 23.7 Å². The second-order valence-corrected chi connectivity index (χ2v) is 9.16. The molecule has 200 valence electrons. The number of anilines is 1. The maximum Gasteiger partial charge on any atom is 0.249 e. The van der Waals surface area contributed by atoms with Crippen LogP contribution in [0.2, 0.25) is 0 Å². The summed E-state index contributed by atoms with van der Waals surface area (Å²) in [6.45, 7) is -0.0145. The van der Waals surface area contributed by atoms with Gasteiger partial charge in [-0.25, -0.2) is 9.07 Å². The summed E-state index contributed by atoms with van der Waals surface area (Å²) in [5.41, 5.74) is 2.51. The van der Waals surface area contributed by atoms with E-state index in [4.69, 9.17) is 9.47 Å². The molecule has 1 aromatic heterocycles. The fourth-order valence-corrected chi connectivity index (χ4v) is 4.69. The Balaban J connectivity index is 1.43. The molecule has 1 aliphatic heterocycles. The van der Waals surface area contributed by atoms with Gasteiger partial charge < -0.3 is 14.8 Å². The van der Waals surface area contributed by atoms with E-state index in [2.05, 4.69) is 15.6 Å². The summed E-state index contributed by atoms with van der Waals surface area (Å²) in [6, 6.07) is 26.1. The molecule has 5 aromatic rings. The highest BCUT2D eigenvalue weighted by molar-refractivity contribution is 6.01. The van der Waals surface area contributed by atoms with Gasteiger partial charge in [-0.15, -0.1) is 5.10 Å². The molecule has 0 saturated heterocycles. The lowest BCUT2D eigenvalue weighted by atomic mass is 10.0. The highest BCUT2D eigenvalue weighted by Crippen LogP contribution is 2.38. The van der Waals surface area contributed by atoms with Crippen molar-refractivity contribution in [1.82, 2.24) is 20.3 Å². The molecule has 1 atom stereocenters. The lowest BCUT2D eigenvalue weighted by Gasteiger charge is -2.32. The molecule has 0 fully saturated rings. The molecule has 0 radical (unpaired) electrons. The minimum atomic E-state index is -1.34. The lowest BCUT2D eigenvalue weighted by Crippen LogP contribution is -2.45. The fourth-order valence-electron chi connectivity index (χ4n) is 4.69. The highest BCUT2D eigenvalue weighted by atomic mass is 19.1. The third kappa shape index (κ3) is 4.94. The van der Waals surface area contributed by atoms with Crippen molar-refractivity contribution in [2.45, 2.75) is 19.1 Å². The Morgan fingerprint density at radius 1 is 0.925 bits per heavy atom. The van der Waals surface area contributed by atoms with Crippen LogP contribution in [-0.4, -0.2) is 33.6 Å². The van der Waals surface area contributed by atoms with Gasteiger partial charge >= 0.3 is 0 Å². The van der Waals surface area contributed by atoms with Crippen LogP contribution >= 0.6 is 0 Å². The number of carbonyl (C=O) groups excluding carboxylic acids is 2. The van der Waals surface area contributed by atoms with Crippen LogP contribution in [0.1, 0.15) is 17.2 Å². The van der Waals surface area contributed by atoms with Crippen molar-refractivity contribution in [2.24, 2.45) is 0 Å². The summed E-state index contributed by atoms with van der Waals surface area (Å²) < 4.78 is 27.8. The summed E-state index contributed by atoms with van der Waals surface area (Å²) in [6.07, 6.45) is 0. The normalized spacial score (nSPS) is 12.7. The van der Waals surface area contributed by atoms with Crippen molar-refractivity contribution in [2.75, 3.05) is 11.7 Å². The third-order valence-electron chi connectivity index (χ3n) is 6.62. The van der Waals surface area contributed by atoms with Crippen molar-refractivity contribution in [3.05, 3.63) is 114 Å². The van der Waals surface area contributed by atoms with E-state index in [9.17, 15) is 9.59 Å². The molecule has 0 aliphatic carbocycles. The number of halogens is 1. The minimum absolute atomic E-state index is 0.0337. The molecule has 2 amide bonds. The maximum absolute atomic E-state index is 15.3. The number of benzene rings is 4. The van der Waals surface area contributed by atoms with Crippen molar-refractivity contribution >= 4 is 28.5 Å². The molecule has 1 aliphatic rings. The number of fused-ring (bicyclic) bond motifs is 2. The predicted octanol–water partition coefficient (Wildman–Crippen LogP) is 4.39. The predicted molar refractivity (Wildman–Crippen MR) is 145 cm³/mol. The molecular weight excluding hydrogens is 513 g/mol. The van der Waals surface area contributed by atoms with Gasteiger partial charge in [-0.3, -0.25) is 14.5 Å².